The molecular formula is C32H45N3O5. The van der Waals surface area contributed by atoms with Crippen molar-refractivity contribution in [3.05, 3.63) is 24.3 Å². The molecule has 3 heterocycles. The van der Waals surface area contributed by atoms with Gasteiger partial charge in [0.15, 0.2) is 12.4 Å². The standard InChI is InChI=1S/C32H45N3O5/c1-21(36)30-12-5-13-33(30)32(39)35(26-10-4-11-29(19-26)40-20-31(37)38)28-17-24-8-3-9-25(18-28)34(24)27-15-22-6-2-7-23(14-22)16-27/h4,10-11,19,22-25,27-28,30H,2-3,5-9,12-18,20H2,1H3,(H,37,38). The zero-order chi connectivity index (χ0) is 27.8. The minimum absolute atomic E-state index is 0.0325. The lowest BCUT2D eigenvalue weighted by Gasteiger charge is -2.56. The number of aliphatic carboxylic acids is 1. The molecule has 2 amide bonds. The van der Waals surface area contributed by atoms with Gasteiger partial charge in [0.25, 0.3) is 0 Å². The van der Waals surface area contributed by atoms with Crippen LogP contribution in [0.2, 0.25) is 0 Å². The maximum Gasteiger partial charge on any atom is 0.341 e. The van der Waals surface area contributed by atoms with Crippen molar-refractivity contribution in [2.75, 3.05) is 18.1 Å². The number of fused-ring (bicyclic) bond motifs is 4. The van der Waals surface area contributed by atoms with Crippen LogP contribution in [0.3, 0.4) is 0 Å². The summed E-state index contributed by atoms with van der Waals surface area (Å²) in [5.41, 5.74) is 0.728. The molecule has 8 nitrogen and oxygen atoms in total. The highest BCUT2D eigenvalue weighted by atomic mass is 16.5. The lowest BCUT2D eigenvalue weighted by molar-refractivity contribution is -0.139. The van der Waals surface area contributed by atoms with E-state index in [1.165, 1.54) is 57.8 Å². The molecule has 2 saturated carbocycles. The number of nitrogens with zero attached hydrogens (tertiary/aromatic N) is 3. The van der Waals surface area contributed by atoms with Gasteiger partial charge < -0.3 is 14.7 Å². The summed E-state index contributed by atoms with van der Waals surface area (Å²) < 4.78 is 5.50. The fourth-order valence-corrected chi connectivity index (χ4v) is 9.04. The van der Waals surface area contributed by atoms with Crippen molar-refractivity contribution in [1.82, 2.24) is 9.80 Å². The number of anilines is 1. The zero-order valence-electron chi connectivity index (χ0n) is 23.9. The van der Waals surface area contributed by atoms with Crippen LogP contribution in [0.5, 0.6) is 5.75 Å². The summed E-state index contributed by atoms with van der Waals surface area (Å²) in [5, 5.41) is 9.11. The second kappa shape index (κ2) is 11.7. The van der Waals surface area contributed by atoms with Crippen LogP contribution >= 0.6 is 0 Å². The Bertz CT molecular complexity index is 1080. The summed E-state index contributed by atoms with van der Waals surface area (Å²) in [5.74, 6) is 1.22. The van der Waals surface area contributed by atoms with E-state index in [-0.39, 0.29) is 23.9 Å². The van der Waals surface area contributed by atoms with Gasteiger partial charge in [-0.2, -0.15) is 0 Å². The first-order valence-corrected chi connectivity index (χ1v) is 15.7. The van der Waals surface area contributed by atoms with E-state index in [1.807, 2.05) is 17.0 Å². The van der Waals surface area contributed by atoms with Gasteiger partial charge in [-0.05, 0) is 88.7 Å². The highest BCUT2D eigenvalue weighted by Gasteiger charge is 2.47. The van der Waals surface area contributed by atoms with Gasteiger partial charge in [0, 0.05) is 42.5 Å². The lowest BCUT2D eigenvalue weighted by Crippen LogP contribution is -2.63. The predicted molar refractivity (Wildman–Crippen MR) is 153 cm³/mol. The number of hydrogen-bond acceptors (Lipinski definition) is 5. The SMILES string of the molecule is CC(=O)C1CCCN1C(=O)N(c1cccc(OCC(=O)O)c1)C1CC2CCCC(C1)N2C1CC2CCCC(C2)C1. The number of likely N-dealkylation sites (tertiary alicyclic amines) is 1. The van der Waals surface area contributed by atoms with Crippen molar-refractivity contribution in [2.45, 2.75) is 121 Å². The number of benzene rings is 1. The Morgan fingerprint density at radius 1 is 0.900 bits per heavy atom. The third kappa shape index (κ3) is 5.61. The molecule has 5 fully saturated rings. The second-order valence-corrected chi connectivity index (χ2v) is 13.1. The number of rotatable bonds is 7. The molecule has 40 heavy (non-hydrogen) atoms. The van der Waals surface area contributed by atoms with Gasteiger partial charge >= 0.3 is 12.0 Å². The number of piperidine rings is 2. The highest BCUT2D eigenvalue weighted by molar-refractivity contribution is 5.96. The van der Waals surface area contributed by atoms with E-state index in [4.69, 9.17) is 9.84 Å². The Kier molecular flexibility index (Phi) is 8.07. The molecule has 1 aromatic carbocycles. The van der Waals surface area contributed by atoms with E-state index >= 15 is 0 Å². The van der Waals surface area contributed by atoms with Gasteiger partial charge in [-0.25, -0.2) is 9.59 Å². The summed E-state index contributed by atoms with van der Waals surface area (Å²) in [6.45, 7) is 1.75. The first-order valence-electron chi connectivity index (χ1n) is 15.7. The normalized spacial score (nSPS) is 33.8. The molecule has 5 unspecified atom stereocenters. The Balaban J connectivity index is 1.28. The highest BCUT2D eigenvalue weighted by Crippen LogP contribution is 2.47. The number of carboxylic acids is 1. The molecule has 3 aliphatic heterocycles. The van der Waals surface area contributed by atoms with Crippen molar-refractivity contribution in [3.8, 4) is 5.75 Å². The minimum Gasteiger partial charge on any atom is -0.482 e. The molecule has 0 radical (unpaired) electrons. The number of ketones is 1. The van der Waals surface area contributed by atoms with E-state index in [0.717, 1.165) is 36.8 Å². The van der Waals surface area contributed by atoms with Crippen molar-refractivity contribution in [3.63, 3.8) is 0 Å². The maximum absolute atomic E-state index is 14.3. The monoisotopic (exact) mass is 551 g/mol. The summed E-state index contributed by atoms with van der Waals surface area (Å²) >= 11 is 0. The molecule has 0 aromatic heterocycles. The van der Waals surface area contributed by atoms with Crippen molar-refractivity contribution in [1.29, 1.82) is 0 Å². The Hall–Kier alpha value is -2.61. The summed E-state index contributed by atoms with van der Waals surface area (Å²) in [7, 11) is 0. The zero-order valence-corrected chi connectivity index (χ0v) is 23.9. The first-order chi connectivity index (χ1) is 19.4. The van der Waals surface area contributed by atoms with Gasteiger partial charge in [-0.3, -0.25) is 14.6 Å². The largest absolute Gasteiger partial charge is 0.482 e. The fraction of sp³-hybridized carbons (Fsp3) is 0.719. The number of carboxylic acid groups (broad SMARTS) is 1. The van der Waals surface area contributed by atoms with E-state index in [9.17, 15) is 14.4 Å². The molecule has 2 aliphatic carbocycles. The minimum atomic E-state index is -1.04. The lowest BCUT2D eigenvalue weighted by atomic mass is 9.68. The third-order valence-electron chi connectivity index (χ3n) is 10.5. The average Bonchev–Trinajstić information content (AvgIpc) is 3.42. The van der Waals surface area contributed by atoms with Crippen molar-refractivity contribution >= 4 is 23.5 Å². The van der Waals surface area contributed by atoms with Crippen LogP contribution in [-0.4, -0.2) is 76.1 Å². The maximum atomic E-state index is 14.3. The van der Waals surface area contributed by atoms with E-state index in [1.54, 1.807) is 24.0 Å². The van der Waals surface area contributed by atoms with Crippen LogP contribution in [-0.2, 0) is 9.59 Å². The Morgan fingerprint density at radius 2 is 1.60 bits per heavy atom. The predicted octanol–water partition coefficient (Wildman–Crippen LogP) is 5.48. The van der Waals surface area contributed by atoms with Crippen LogP contribution < -0.4 is 9.64 Å². The average molecular weight is 552 g/mol. The number of carbonyl (C=O) groups excluding carboxylic acids is 2. The second-order valence-electron chi connectivity index (χ2n) is 13.1. The van der Waals surface area contributed by atoms with Crippen LogP contribution in [0.25, 0.3) is 0 Å². The molecule has 218 valence electrons. The molecule has 1 N–H and O–H groups in total. The van der Waals surface area contributed by atoms with Crippen LogP contribution in [0.15, 0.2) is 24.3 Å². The molecule has 8 heteroatoms. The number of hydrogen-bond donors (Lipinski definition) is 1. The Labute approximate surface area is 238 Å². The van der Waals surface area contributed by atoms with Crippen LogP contribution in [0.1, 0.15) is 90.4 Å². The summed E-state index contributed by atoms with van der Waals surface area (Å²) in [4.78, 5) is 44.5. The molecule has 0 spiro atoms. The molecule has 6 rings (SSSR count). The molecular weight excluding hydrogens is 506 g/mol. The van der Waals surface area contributed by atoms with Crippen molar-refractivity contribution < 1.29 is 24.2 Å². The summed E-state index contributed by atoms with van der Waals surface area (Å²) in [6.07, 6.45) is 15.3. The van der Waals surface area contributed by atoms with Crippen LogP contribution in [0, 0.1) is 11.8 Å². The van der Waals surface area contributed by atoms with E-state index < -0.39 is 12.6 Å². The molecule has 4 bridgehead atoms. The van der Waals surface area contributed by atoms with Gasteiger partial charge in [0.2, 0.25) is 0 Å². The number of urea groups is 1. The third-order valence-corrected chi connectivity index (χ3v) is 10.5. The van der Waals surface area contributed by atoms with Gasteiger partial charge in [-0.1, -0.05) is 31.7 Å². The number of amides is 2. The van der Waals surface area contributed by atoms with Gasteiger partial charge in [-0.15, -0.1) is 0 Å². The molecule has 1 aromatic rings. The van der Waals surface area contributed by atoms with Gasteiger partial charge in [0.05, 0.1) is 6.04 Å². The van der Waals surface area contributed by atoms with Gasteiger partial charge in [0.1, 0.15) is 5.75 Å². The van der Waals surface area contributed by atoms with E-state index in [0.29, 0.717) is 36.8 Å². The molecule has 5 atom stereocenters. The van der Waals surface area contributed by atoms with Crippen LogP contribution in [0.4, 0.5) is 10.5 Å². The fourth-order valence-electron chi connectivity index (χ4n) is 9.04. The topological polar surface area (TPSA) is 90.4 Å². The Morgan fingerprint density at radius 3 is 2.27 bits per heavy atom. The quantitative estimate of drug-likeness (QED) is 0.482. The summed E-state index contributed by atoms with van der Waals surface area (Å²) in [6, 6.07) is 8.48. The van der Waals surface area contributed by atoms with E-state index in [2.05, 4.69) is 4.90 Å². The number of Topliss-reactive ketones (excluding diaryl/α,β-unsaturated/α-hetero) is 1. The molecule has 3 saturated heterocycles. The smallest absolute Gasteiger partial charge is 0.341 e. The number of carbonyl (C=O) groups is 3. The number of ether oxygens (including phenoxy) is 1. The molecule has 5 aliphatic rings. The van der Waals surface area contributed by atoms with Crippen molar-refractivity contribution in [2.24, 2.45) is 11.8 Å². The first kappa shape index (κ1) is 27.6.